The van der Waals surface area contributed by atoms with E-state index in [4.69, 9.17) is 11.6 Å². The van der Waals surface area contributed by atoms with Crippen molar-refractivity contribution in [2.75, 3.05) is 0 Å². The lowest BCUT2D eigenvalue weighted by Gasteiger charge is -2.41. The molecule has 0 aliphatic carbocycles. The Morgan fingerprint density at radius 2 is 1.14 bits per heavy atom. The molecule has 0 fully saturated rings. The number of hydrogen-bond donors (Lipinski definition) is 0. The third kappa shape index (κ3) is 3.85. The summed E-state index contributed by atoms with van der Waals surface area (Å²) in [5, 5.41) is 0.773. The van der Waals surface area contributed by atoms with E-state index in [2.05, 4.69) is 113 Å². The fourth-order valence-corrected chi connectivity index (χ4v) is 7.07. The van der Waals surface area contributed by atoms with Crippen molar-refractivity contribution in [1.29, 1.82) is 0 Å². The predicted molar refractivity (Wildman–Crippen MR) is 153 cm³/mol. The van der Waals surface area contributed by atoms with E-state index in [1.807, 2.05) is 12.1 Å². The summed E-state index contributed by atoms with van der Waals surface area (Å²) in [6, 6.07) is 26.7. The molecule has 0 radical (unpaired) electrons. The maximum Gasteiger partial charge on any atom is 0.357 e. The highest BCUT2D eigenvalue weighted by Gasteiger charge is 2.50. The second-order valence-electron chi connectivity index (χ2n) is 10.5. The van der Waals surface area contributed by atoms with Gasteiger partial charge >= 0.3 is 6.28 Å². The maximum absolute atomic E-state index is 6.24. The third-order valence-electron chi connectivity index (χ3n) is 7.84. The standard InChI is InChI=1S/C32H33BClN/c1-21-15-23(3)31(24(4)16-21)33(32-25(5)17-22(2)18-26(32)6)30-10-8-7-9-28(30)20-35(33)19-27-11-13-29(34)14-12-27/h7-18,20H,19H2,1-6H3. The summed E-state index contributed by atoms with van der Waals surface area (Å²) in [6.07, 6.45) is 0.979. The van der Waals surface area contributed by atoms with Gasteiger partial charge in [-0.15, -0.1) is 16.4 Å². The van der Waals surface area contributed by atoms with Crippen LogP contribution in [0, 0.1) is 41.5 Å². The predicted octanol–water partition coefficient (Wildman–Crippen LogP) is 5.80. The van der Waals surface area contributed by atoms with Crippen LogP contribution >= 0.6 is 11.6 Å². The van der Waals surface area contributed by atoms with Crippen LogP contribution in [0.2, 0.25) is 5.02 Å². The SMILES string of the molecule is Cc1cc(C)c([B-]2(c3c(C)cc(C)cc3C)c3ccccc3C=[N+]2Cc2ccc(Cl)cc2)c(C)c1. The highest BCUT2D eigenvalue weighted by molar-refractivity contribution is 7.08. The van der Waals surface area contributed by atoms with Gasteiger partial charge in [0.05, 0.1) is 0 Å². The van der Waals surface area contributed by atoms with Gasteiger partial charge in [0.15, 0.2) is 0 Å². The molecule has 4 aromatic carbocycles. The maximum atomic E-state index is 6.24. The Kier molecular flexibility index (Phi) is 5.97. The molecule has 1 nitrogen and oxygen atoms in total. The van der Waals surface area contributed by atoms with E-state index >= 15 is 0 Å². The highest BCUT2D eigenvalue weighted by atomic mass is 35.5. The van der Waals surface area contributed by atoms with E-state index in [9.17, 15) is 0 Å². The molecule has 0 spiro atoms. The van der Waals surface area contributed by atoms with Gasteiger partial charge in [-0.2, -0.15) is 0 Å². The molecule has 176 valence electrons. The minimum atomic E-state index is -1.41. The van der Waals surface area contributed by atoms with E-state index < -0.39 is 6.28 Å². The molecule has 0 unspecified atom stereocenters. The summed E-state index contributed by atoms with van der Waals surface area (Å²) in [5.41, 5.74) is 14.9. The molecule has 35 heavy (non-hydrogen) atoms. The summed E-state index contributed by atoms with van der Waals surface area (Å²) in [7, 11) is 0. The first-order valence-electron chi connectivity index (χ1n) is 12.5. The van der Waals surface area contributed by atoms with Crippen LogP contribution in [-0.4, -0.2) is 17.0 Å². The van der Waals surface area contributed by atoms with Crippen LogP contribution in [0.25, 0.3) is 0 Å². The Morgan fingerprint density at radius 1 is 0.657 bits per heavy atom. The number of fused-ring (bicyclic) bond motifs is 1. The summed E-state index contributed by atoms with van der Waals surface area (Å²) >= 11 is 6.24. The summed E-state index contributed by atoms with van der Waals surface area (Å²) in [5.74, 6) is 0. The Hall–Kier alpha value is -3.10. The summed E-state index contributed by atoms with van der Waals surface area (Å²) in [6.45, 7) is 14.4. The molecule has 1 aliphatic rings. The molecule has 1 aliphatic heterocycles. The van der Waals surface area contributed by atoms with Gasteiger partial charge in [-0.1, -0.05) is 106 Å². The molecule has 0 saturated carbocycles. The zero-order chi connectivity index (χ0) is 24.9. The van der Waals surface area contributed by atoms with E-state index in [-0.39, 0.29) is 0 Å². The van der Waals surface area contributed by atoms with Crippen LogP contribution in [0.3, 0.4) is 0 Å². The molecule has 3 heteroatoms. The molecule has 4 aromatic rings. The lowest BCUT2D eigenvalue weighted by atomic mass is 9.22. The lowest BCUT2D eigenvalue weighted by Crippen LogP contribution is -2.74. The van der Waals surface area contributed by atoms with Gasteiger partial charge in [0.25, 0.3) is 0 Å². The van der Waals surface area contributed by atoms with Gasteiger partial charge in [-0.25, -0.2) is 0 Å². The topological polar surface area (TPSA) is 3.01 Å². The van der Waals surface area contributed by atoms with Crippen molar-refractivity contribution >= 4 is 40.5 Å². The van der Waals surface area contributed by atoms with Gasteiger partial charge in [-0.05, 0) is 53.7 Å². The first-order valence-corrected chi connectivity index (χ1v) is 12.9. The molecule has 0 N–H and O–H groups in total. The van der Waals surface area contributed by atoms with Crippen LogP contribution in [0.15, 0.2) is 72.8 Å². The van der Waals surface area contributed by atoms with Crippen molar-refractivity contribution in [3.8, 4) is 0 Å². The van der Waals surface area contributed by atoms with Gasteiger partial charge in [0.2, 0.25) is 0 Å². The van der Waals surface area contributed by atoms with E-state index in [0.29, 0.717) is 0 Å². The van der Waals surface area contributed by atoms with Crippen LogP contribution in [0.4, 0.5) is 0 Å². The molecule has 5 rings (SSSR count). The smallest absolute Gasteiger partial charge is 0.357 e. The van der Waals surface area contributed by atoms with Crippen LogP contribution in [0.1, 0.15) is 44.5 Å². The van der Waals surface area contributed by atoms with Gasteiger partial charge < -0.3 is 4.49 Å². The highest BCUT2D eigenvalue weighted by Crippen LogP contribution is 2.25. The minimum Gasteiger partial charge on any atom is -0.441 e. The number of halogens is 1. The lowest BCUT2D eigenvalue weighted by molar-refractivity contribution is -0.402. The Balaban J connectivity index is 1.92. The number of nitrogens with zero attached hydrogens (tertiary/aromatic N) is 1. The minimum absolute atomic E-state index is 0.773. The Morgan fingerprint density at radius 3 is 1.66 bits per heavy atom. The Labute approximate surface area is 215 Å². The molecule has 0 atom stereocenters. The fraction of sp³-hybridized carbons (Fsp3) is 0.219. The number of aryl methyl sites for hydroxylation is 6. The van der Waals surface area contributed by atoms with Gasteiger partial charge in [0, 0.05) is 16.1 Å². The van der Waals surface area contributed by atoms with Crippen LogP contribution in [0.5, 0.6) is 0 Å². The largest absolute Gasteiger partial charge is 0.441 e. The molecule has 0 saturated heterocycles. The van der Waals surface area contributed by atoms with Crippen molar-refractivity contribution in [3.63, 3.8) is 0 Å². The average molecular weight is 478 g/mol. The molecule has 1 heterocycles. The van der Waals surface area contributed by atoms with Crippen molar-refractivity contribution in [2.45, 2.75) is 48.1 Å². The number of hydrogen-bond acceptors (Lipinski definition) is 0. The second-order valence-corrected chi connectivity index (χ2v) is 10.9. The van der Waals surface area contributed by atoms with Gasteiger partial charge in [-0.3, -0.25) is 0 Å². The first kappa shape index (κ1) is 23.6. The molecule has 0 bridgehead atoms. The van der Waals surface area contributed by atoms with Crippen molar-refractivity contribution < 1.29 is 4.49 Å². The van der Waals surface area contributed by atoms with Crippen LogP contribution in [-0.2, 0) is 6.54 Å². The quantitative estimate of drug-likeness (QED) is 0.327. The van der Waals surface area contributed by atoms with Crippen molar-refractivity contribution in [2.24, 2.45) is 0 Å². The third-order valence-corrected chi connectivity index (χ3v) is 8.09. The van der Waals surface area contributed by atoms with E-state index in [1.165, 1.54) is 60.9 Å². The fourth-order valence-electron chi connectivity index (χ4n) is 6.95. The summed E-state index contributed by atoms with van der Waals surface area (Å²) < 4.78 is 2.63. The zero-order valence-electron chi connectivity index (χ0n) is 21.6. The molecular formula is C32H33BClN. The summed E-state index contributed by atoms with van der Waals surface area (Å²) in [4.78, 5) is 0. The van der Waals surface area contributed by atoms with E-state index in [0.717, 1.165) is 11.6 Å². The molecular weight excluding hydrogens is 445 g/mol. The second kappa shape index (κ2) is 8.84. The number of benzene rings is 4. The number of rotatable bonds is 4. The monoisotopic (exact) mass is 477 g/mol. The normalized spacial score (nSPS) is 14.1. The molecule has 0 amide bonds. The Bertz CT molecular complexity index is 1380. The van der Waals surface area contributed by atoms with Crippen LogP contribution < -0.4 is 16.4 Å². The van der Waals surface area contributed by atoms with E-state index in [1.54, 1.807) is 0 Å². The first-order chi connectivity index (χ1) is 16.7. The van der Waals surface area contributed by atoms with Crippen molar-refractivity contribution in [3.05, 3.63) is 122 Å². The molecule has 0 aromatic heterocycles. The van der Waals surface area contributed by atoms with Gasteiger partial charge in [0.1, 0.15) is 12.8 Å². The van der Waals surface area contributed by atoms with Crippen molar-refractivity contribution in [1.82, 2.24) is 0 Å². The zero-order valence-corrected chi connectivity index (χ0v) is 22.4. The average Bonchev–Trinajstić information content (AvgIpc) is 3.08.